The molecule has 1 saturated heterocycles. The van der Waals surface area contributed by atoms with Gasteiger partial charge in [0.1, 0.15) is 11.6 Å². The molecule has 1 amide bonds. The van der Waals surface area contributed by atoms with Crippen molar-refractivity contribution in [3.8, 4) is 17.1 Å². The predicted octanol–water partition coefficient (Wildman–Crippen LogP) is 4.45. The van der Waals surface area contributed by atoms with E-state index >= 15 is 0 Å². The largest absolute Gasteiger partial charge is 0.497 e. The van der Waals surface area contributed by atoms with Gasteiger partial charge in [-0.25, -0.2) is 4.98 Å². The van der Waals surface area contributed by atoms with Gasteiger partial charge in [0, 0.05) is 30.1 Å². The Labute approximate surface area is 159 Å². The number of nitrogens with one attached hydrogen (secondary N) is 1. The van der Waals surface area contributed by atoms with Crippen LogP contribution in [-0.4, -0.2) is 34.4 Å². The van der Waals surface area contributed by atoms with Crippen LogP contribution in [0.5, 0.6) is 5.75 Å². The number of piperidine rings is 1. The molecule has 0 aliphatic carbocycles. The van der Waals surface area contributed by atoms with Crippen LogP contribution in [0, 0.1) is 0 Å². The molecule has 1 unspecified atom stereocenters. The maximum absolute atomic E-state index is 13.3. The molecule has 3 aromatic rings. The fraction of sp³-hybridized carbons (Fsp3) is 0.273. The highest BCUT2D eigenvalue weighted by Crippen LogP contribution is 2.34. The molecule has 2 heterocycles. The van der Waals surface area contributed by atoms with Gasteiger partial charge in [-0.1, -0.05) is 24.3 Å². The normalized spacial score (nSPS) is 16.9. The Morgan fingerprint density at radius 2 is 2.07 bits per heavy atom. The third kappa shape index (κ3) is 3.58. The molecule has 0 radical (unpaired) electrons. The zero-order valence-electron chi connectivity index (χ0n) is 15.4. The summed E-state index contributed by atoms with van der Waals surface area (Å²) in [5, 5.41) is 0. The standard InChI is InChI=1S/C22H23N3O2/c1-27-19-9-5-6-16(15-19)20-10-2-3-13-25(20)22(26)18-8-4-7-17(14-18)21-23-11-12-24-21/h4-9,11-12,14-15,20H,2-3,10,13H2,1H3,(H,23,24). The Balaban J connectivity index is 1.64. The van der Waals surface area contributed by atoms with Crippen molar-refractivity contribution in [3.05, 3.63) is 72.1 Å². The summed E-state index contributed by atoms with van der Waals surface area (Å²) in [7, 11) is 1.67. The molecule has 27 heavy (non-hydrogen) atoms. The summed E-state index contributed by atoms with van der Waals surface area (Å²) in [5.74, 6) is 1.66. The Morgan fingerprint density at radius 1 is 1.19 bits per heavy atom. The fourth-order valence-corrected chi connectivity index (χ4v) is 3.76. The number of methoxy groups -OCH3 is 1. The van der Waals surface area contributed by atoms with E-state index in [2.05, 4.69) is 16.0 Å². The van der Waals surface area contributed by atoms with Gasteiger partial charge >= 0.3 is 0 Å². The topological polar surface area (TPSA) is 58.2 Å². The maximum Gasteiger partial charge on any atom is 0.254 e. The lowest BCUT2D eigenvalue weighted by molar-refractivity contribution is 0.0611. The van der Waals surface area contributed by atoms with E-state index in [0.29, 0.717) is 5.56 Å². The highest BCUT2D eigenvalue weighted by Gasteiger charge is 2.29. The number of amides is 1. The van der Waals surface area contributed by atoms with Gasteiger partial charge < -0.3 is 14.6 Å². The first-order chi connectivity index (χ1) is 13.3. The molecule has 1 aliphatic heterocycles. The number of H-pyrrole nitrogens is 1. The third-order valence-corrected chi connectivity index (χ3v) is 5.12. The SMILES string of the molecule is COc1cccc(C2CCCCN2C(=O)c2cccc(-c3ncc[nH]3)c2)c1. The van der Waals surface area contributed by atoms with Gasteiger partial charge in [-0.05, 0) is 49.1 Å². The summed E-state index contributed by atoms with van der Waals surface area (Å²) in [6.07, 6.45) is 6.62. The first-order valence-electron chi connectivity index (χ1n) is 9.31. The zero-order chi connectivity index (χ0) is 18.6. The molecular formula is C22H23N3O2. The summed E-state index contributed by atoms with van der Waals surface area (Å²) in [5.41, 5.74) is 2.74. The number of likely N-dealkylation sites (tertiary alicyclic amines) is 1. The zero-order valence-corrected chi connectivity index (χ0v) is 15.4. The van der Waals surface area contributed by atoms with E-state index < -0.39 is 0 Å². The second kappa shape index (κ2) is 7.66. The van der Waals surface area contributed by atoms with Crippen LogP contribution in [0.25, 0.3) is 11.4 Å². The van der Waals surface area contributed by atoms with Gasteiger partial charge in [-0.3, -0.25) is 4.79 Å². The van der Waals surface area contributed by atoms with Crippen LogP contribution < -0.4 is 4.74 Å². The molecule has 5 heteroatoms. The summed E-state index contributed by atoms with van der Waals surface area (Å²) >= 11 is 0. The van der Waals surface area contributed by atoms with Crippen molar-refractivity contribution in [1.82, 2.24) is 14.9 Å². The minimum Gasteiger partial charge on any atom is -0.497 e. The van der Waals surface area contributed by atoms with E-state index in [1.165, 1.54) is 0 Å². The summed E-state index contributed by atoms with van der Waals surface area (Å²) in [6, 6.07) is 15.8. The van der Waals surface area contributed by atoms with Crippen LogP contribution in [0.3, 0.4) is 0 Å². The van der Waals surface area contributed by atoms with Crippen LogP contribution in [0.1, 0.15) is 41.2 Å². The number of imidazole rings is 1. The van der Waals surface area contributed by atoms with E-state index in [9.17, 15) is 4.79 Å². The average molecular weight is 361 g/mol. The van der Waals surface area contributed by atoms with Crippen molar-refractivity contribution in [2.45, 2.75) is 25.3 Å². The van der Waals surface area contributed by atoms with Crippen molar-refractivity contribution < 1.29 is 9.53 Å². The van der Waals surface area contributed by atoms with Gasteiger partial charge in [0.2, 0.25) is 0 Å². The summed E-state index contributed by atoms with van der Waals surface area (Å²) < 4.78 is 5.37. The second-order valence-electron chi connectivity index (χ2n) is 6.81. The minimum atomic E-state index is 0.0657. The quantitative estimate of drug-likeness (QED) is 0.747. The van der Waals surface area contributed by atoms with E-state index in [1.54, 1.807) is 19.5 Å². The number of aromatic amines is 1. The highest BCUT2D eigenvalue weighted by molar-refractivity contribution is 5.95. The smallest absolute Gasteiger partial charge is 0.254 e. The monoisotopic (exact) mass is 361 g/mol. The molecule has 0 bridgehead atoms. The van der Waals surface area contributed by atoms with Gasteiger partial charge in [0.05, 0.1) is 13.2 Å². The highest BCUT2D eigenvalue weighted by atomic mass is 16.5. The number of hydrogen-bond donors (Lipinski definition) is 1. The molecule has 1 aromatic heterocycles. The van der Waals surface area contributed by atoms with Gasteiger partial charge in [-0.2, -0.15) is 0 Å². The molecule has 4 rings (SSSR count). The van der Waals surface area contributed by atoms with Crippen molar-refractivity contribution in [2.75, 3.05) is 13.7 Å². The molecule has 5 nitrogen and oxygen atoms in total. The number of carbonyl (C=O) groups excluding carboxylic acids is 1. The molecular weight excluding hydrogens is 338 g/mol. The Bertz CT molecular complexity index is 921. The molecule has 138 valence electrons. The number of ether oxygens (including phenoxy) is 1. The summed E-state index contributed by atoms with van der Waals surface area (Å²) in [6.45, 7) is 0.770. The number of benzene rings is 2. The van der Waals surface area contributed by atoms with Crippen molar-refractivity contribution in [3.63, 3.8) is 0 Å². The van der Waals surface area contributed by atoms with E-state index in [-0.39, 0.29) is 11.9 Å². The third-order valence-electron chi connectivity index (χ3n) is 5.12. The first-order valence-corrected chi connectivity index (χ1v) is 9.31. The van der Waals surface area contributed by atoms with Crippen molar-refractivity contribution in [2.24, 2.45) is 0 Å². The number of aromatic nitrogens is 2. The Morgan fingerprint density at radius 3 is 2.89 bits per heavy atom. The van der Waals surface area contributed by atoms with Gasteiger partial charge in [0.15, 0.2) is 0 Å². The number of nitrogens with zero attached hydrogens (tertiary/aromatic N) is 2. The van der Waals surface area contributed by atoms with Gasteiger partial charge in [0.25, 0.3) is 5.91 Å². The lowest BCUT2D eigenvalue weighted by Crippen LogP contribution is -2.38. The number of hydrogen-bond acceptors (Lipinski definition) is 3. The van der Waals surface area contributed by atoms with Crippen LogP contribution in [0.2, 0.25) is 0 Å². The maximum atomic E-state index is 13.3. The fourth-order valence-electron chi connectivity index (χ4n) is 3.76. The second-order valence-corrected chi connectivity index (χ2v) is 6.81. The van der Waals surface area contributed by atoms with Crippen LogP contribution >= 0.6 is 0 Å². The van der Waals surface area contributed by atoms with E-state index in [0.717, 1.165) is 48.5 Å². The van der Waals surface area contributed by atoms with Gasteiger partial charge in [-0.15, -0.1) is 0 Å². The number of rotatable bonds is 4. The number of carbonyl (C=O) groups is 1. The Kier molecular flexibility index (Phi) is 4.92. The first kappa shape index (κ1) is 17.3. The Hall–Kier alpha value is -3.08. The van der Waals surface area contributed by atoms with Crippen molar-refractivity contribution in [1.29, 1.82) is 0 Å². The lowest BCUT2D eigenvalue weighted by Gasteiger charge is -2.36. The lowest BCUT2D eigenvalue weighted by atomic mass is 9.94. The predicted molar refractivity (Wildman–Crippen MR) is 105 cm³/mol. The molecule has 1 N–H and O–H groups in total. The molecule has 2 aromatic carbocycles. The molecule has 1 atom stereocenters. The molecule has 0 saturated carbocycles. The summed E-state index contributed by atoms with van der Waals surface area (Å²) in [4.78, 5) is 22.7. The molecule has 1 fully saturated rings. The van der Waals surface area contributed by atoms with Crippen LogP contribution in [0.15, 0.2) is 60.9 Å². The van der Waals surface area contributed by atoms with E-state index in [4.69, 9.17) is 4.74 Å². The van der Waals surface area contributed by atoms with Crippen LogP contribution in [-0.2, 0) is 0 Å². The minimum absolute atomic E-state index is 0.0657. The average Bonchev–Trinajstić information content (AvgIpc) is 3.28. The van der Waals surface area contributed by atoms with Crippen molar-refractivity contribution >= 4 is 5.91 Å². The van der Waals surface area contributed by atoms with Crippen LogP contribution in [0.4, 0.5) is 0 Å². The van der Waals surface area contributed by atoms with E-state index in [1.807, 2.05) is 47.4 Å². The molecule has 0 spiro atoms. The molecule has 1 aliphatic rings.